The first-order chi connectivity index (χ1) is 14.3. The number of nitriles is 1. The van der Waals surface area contributed by atoms with Gasteiger partial charge in [-0.2, -0.15) is 5.26 Å². The summed E-state index contributed by atoms with van der Waals surface area (Å²) < 4.78 is 10.3. The number of carbonyl (C=O) groups excluding carboxylic acids is 2. The van der Waals surface area contributed by atoms with Crippen LogP contribution in [0.2, 0.25) is 0 Å². The van der Waals surface area contributed by atoms with Gasteiger partial charge in [0.15, 0.2) is 6.61 Å². The number of hydrogen-bond acceptors (Lipinski definition) is 6. The molecule has 0 aliphatic rings. The van der Waals surface area contributed by atoms with Crippen LogP contribution in [0.15, 0.2) is 54.1 Å². The van der Waals surface area contributed by atoms with Crippen molar-refractivity contribution >= 4 is 23.6 Å². The number of anilines is 1. The van der Waals surface area contributed by atoms with E-state index < -0.39 is 12.6 Å². The van der Waals surface area contributed by atoms with Crippen LogP contribution in [0.4, 0.5) is 5.69 Å². The van der Waals surface area contributed by atoms with Crippen molar-refractivity contribution in [3.63, 3.8) is 0 Å². The van der Waals surface area contributed by atoms with Gasteiger partial charge in [0.05, 0.1) is 7.11 Å². The lowest BCUT2D eigenvalue weighted by Crippen LogP contribution is -2.31. The number of carbonyl (C=O) groups is 2. The molecule has 156 valence electrons. The van der Waals surface area contributed by atoms with Gasteiger partial charge in [0.2, 0.25) is 0 Å². The molecule has 0 saturated heterocycles. The van der Waals surface area contributed by atoms with Crippen LogP contribution >= 0.6 is 0 Å². The minimum absolute atomic E-state index is 0.173. The lowest BCUT2D eigenvalue weighted by molar-refractivity contribution is -0.148. The molecule has 2 aromatic rings. The fraction of sp³-hybridized carbons (Fsp3) is 0.261. The molecule has 0 atom stereocenters. The van der Waals surface area contributed by atoms with Gasteiger partial charge in [-0.25, -0.2) is 4.79 Å². The Bertz CT molecular complexity index is 959. The van der Waals surface area contributed by atoms with Crippen molar-refractivity contribution in [1.29, 1.82) is 5.26 Å². The Kier molecular flexibility index (Phi) is 8.00. The Hall–Kier alpha value is -3.79. The molecule has 7 heteroatoms. The smallest absolute Gasteiger partial charge is 0.349 e. The highest BCUT2D eigenvalue weighted by atomic mass is 16.5. The summed E-state index contributed by atoms with van der Waals surface area (Å²) in [6, 6.07) is 16.5. The van der Waals surface area contributed by atoms with E-state index in [1.807, 2.05) is 61.5 Å². The summed E-state index contributed by atoms with van der Waals surface area (Å²) in [5.74, 6) is -0.556. The van der Waals surface area contributed by atoms with Crippen LogP contribution in [-0.4, -0.2) is 51.6 Å². The molecule has 2 aromatic carbocycles. The summed E-state index contributed by atoms with van der Waals surface area (Å²) in [4.78, 5) is 27.9. The maximum Gasteiger partial charge on any atom is 0.349 e. The highest BCUT2D eigenvalue weighted by molar-refractivity contribution is 5.98. The summed E-state index contributed by atoms with van der Waals surface area (Å²) >= 11 is 0. The van der Waals surface area contributed by atoms with E-state index in [1.165, 1.54) is 11.0 Å². The summed E-state index contributed by atoms with van der Waals surface area (Å²) in [7, 11) is 7.01. The number of benzene rings is 2. The SMILES string of the molecule is COc1ccccc1CN(C)C(=O)COC(=O)/C(C#N)=C/c1ccc(N(C)C)cc1. The molecule has 0 saturated carbocycles. The van der Waals surface area contributed by atoms with Crippen molar-refractivity contribution in [1.82, 2.24) is 4.90 Å². The molecule has 30 heavy (non-hydrogen) atoms. The van der Waals surface area contributed by atoms with Crippen molar-refractivity contribution in [2.45, 2.75) is 6.54 Å². The van der Waals surface area contributed by atoms with Gasteiger partial charge in [0, 0.05) is 38.9 Å². The zero-order chi connectivity index (χ0) is 22.1. The monoisotopic (exact) mass is 407 g/mol. The second-order valence-corrected chi connectivity index (χ2v) is 6.79. The number of ether oxygens (including phenoxy) is 2. The van der Waals surface area contributed by atoms with Gasteiger partial charge in [-0.05, 0) is 29.8 Å². The molecule has 0 fully saturated rings. The number of likely N-dealkylation sites (N-methyl/N-ethyl adjacent to an activating group) is 1. The molecule has 0 aliphatic heterocycles. The second-order valence-electron chi connectivity index (χ2n) is 6.79. The Balaban J connectivity index is 1.97. The van der Waals surface area contributed by atoms with Crippen LogP contribution in [-0.2, 0) is 20.9 Å². The molecule has 1 amide bonds. The fourth-order valence-electron chi connectivity index (χ4n) is 2.66. The van der Waals surface area contributed by atoms with Crippen LogP contribution in [0.5, 0.6) is 5.75 Å². The molecule has 0 heterocycles. The van der Waals surface area contributed by atoms with E-state index >= 15 is 0 Å². The average molecular weight is 407 g/mol. The second kappa shape index (κ2) is 10.7. The largest absolute Gasteiger partial charge is 0.496 e. The molecule has 2 rings (SSSR count). The van der Waals surface area contributed by atoms with Gasteiger partial charge in [-0.3, -0.25) is 4.79 Å². The summed E-state index contributed by atoms with van der Waals surface area (Å²) in [5.41, 5.74) is 2.35. The highest BCUT2D eigenvalue weighted by Crippen LogP contribution is 2.19. The van der Waals surface area contributed by atoms with Gasteiger partial charge in [-0.15, -0.1) is 0 Å². The molecule has 0 unspecified atom stereocenters. The Morgan fingerprint density at radius 3 is 2.33 bits per heavy atom. The van der Waals surface area contributed by atoms with Gasteiger partial charge in [-0.1, -0.05) is 30.3 Å². The summed E-state index contributed by atoms with van der Waals surface area (Å²) in [6.07, 6.45) is 1.44. The molecular formula is C23H25N3O4. The van der Waals surface area contributed by atoms with E-state index in [0.717, 1.165) is 11.3 Å². The normalized spacial score (nSPS) is 10.7. The Labute approximate surface area is 176 Å². The molecular weight excluding hydrogens is 382 g/mol. The number of esters is 1. The lowest BCUT2D eigenvalue weighted by atomic mass is 10.1. The number of rotatable bonds is 8. The van der Waals surface area contributed by atoms with Crippen LogP contribution < -0.4 is 9.64 Å². The van der Waals surface area contributed by atoms with Gasteiger partial charge in [0.1, 0.15) is 17.4 Å². The standard InChI is InChI=1S/C23H25N3O4/c1-25(2)20-11-9-17(10-12-20)13-19(14-24)23(28)30-16-22(27)26(3)15-18-7-5-6-8-21(18)29-4/h5-13H,15-16H2,1-4H3/b19-13+. The third-order valence-corrected chi connectivity index (χ3v) is 4.41. The van der Waals surface area contributed by atoms with Crippen molar-refractivity contribution in [3.05, 3.63) is 65.2 Å². The zero-order valence-corrected chi connectivity index (χ0v) is 17.6. The third kappa shape index (κ3) is 6.11. The maximum atomic E-state index is 12.3. The minimum atomic E-state index is -0.840. The average Bonchev–Trinajstić information content (AvgIpc) is 2.76. The van der Waals surface area contributed by atoms with Gasteiger partial charge >= 0.3 is 5.97 Å². The first-order valence-corrected chi connectivity index (χ1v) is 9.28. The fourth-order valence-corrected chi connectivity index (χ4v) is 2.66. The van der Waals surface area contributed by atoms with Crippen LogP contribution in [0.25, 0.3) is 6.08 Å². The lowest BCUT2D eigenvalue weighted by Gasteiger charge is -2.18. The molecule has 0 radical (unpaired) electrons. The topological polar surface area (TPSA) is 82.9 Å². The Morgan fingerprint density at radius 1 is 1.07 bits per heavy atom. The minimum Gasteiger partial charge on any atom is -0.496 e. The number of nitrogens with zero attached hydrogens (tertiary/aromatic N) is 3. The highest BCUT2D eigenvalue weighted by Gasteiger charge is 2.17. The van der Waals surface area contributed by atoms with E-state index in [0.29, 0.717) is 17.9 Å². The number of hydrogen-bond donors (Lipinski definition) is 0. The molecule has 0 N–H and O–H groups in total. The first-order valence-electron chi connectivity index (χ1n) is 9.28. The van der Waals surface area contributed by atoms with Crippen LogP contribution in [0, 0.1) is 11.3 Å². The van der Waals surface area contributed by atoms with E-state index in [1.54, 1.807) is 26.3 Å². The van der Waals surface area contributed by atoms with E-state index in [9.17, 15) is 14.9 Å². The predicted octanol–water partition coefficient (Wildman–Crippen LogP) is 2.87. The van der Waals surface area contributed by atoms with Crippen LogP contribution in [0.1, 0.15) is 11.1 Å². The Morgan fingerprint density at radius 2 is 1.73 bits per heavy atom. The molecule has 7 nitrogen and oxygen atoms in total. The first kappa shape index (κ1) is 22.5. The predicted molar refractivity (Wildman–Crippen MR) is 115 cm³/mol. The molecule has 0 aliphatic carbocycles. The van der Waals surface area contributed by atoms with Crippen molar-refractivity contribution in [2.75, 3.05) is 39.8 Å². The third-order valence-electron chi connectivity index (χ3n) is 4.41. The van der Waals surface area contributed by atoms with Crippen molar-refractivity contribution < 1.29 is 19.1 Å². The maximum absolute atomic E-state index is 12.3. The molecule has 0 aromatic heterocycles. The number of methoxy groups -OCH3 is 1. The van der Waals surface area contributed by atoms with Crippen molar-refractivity contribution in [3.8, 4) is 11.8 Å². The van der Waals surface area contributed by atoms with Crippen molar-refractivity contribution in [2.24, 2.45) is 0 Å². The van der Waals surface area contributed by atoms with Gasteiger partial charge < -0.3 is 19.3 Å². The van der Waals surface area contributed by atoms with E-state index in [-0.39, 0.29) is 11.5 Å². The van der Waals surface area contributed by atoms with E-state index in [4.69, 9.17) is 9.47 Å². The van der Waals surface area contributed by atoms with Gasteiger partial charge in [0.25, 0.3) is 5.91 Å². The van der Waals surface area contributed by atoms with E-state index in [2.05, 4.69) is 0 Å². The summed E-state index contributed by atoms with van der Waals surface area (Å²) in [6.45, 7) is -0.150. The summed E-state index contributed by atoms with van der Waals surface area (Å²) in [5, 5.41) is 9.29. The molecule has 0 bridgehead atoms. The zero-order valence-electron chi connectivity index (χ0n) is 17.6. The quantitative estimate of drug-likeness (QED) is 0.380. The molecule has 0 spiro atoms. The van der Waals surface area contributed by atoms with Crippen LogP contribution in [0.3, 0.4) is 0 Å². The number of amides is 1. The number of para-hydroxylation sites is 1.